The van der Waals surface area contributed by atoms with Crippen LogP contribution in [0.4, 0.5) is 0 Å². The van der Waals surface area contributed by atoms with Crippen LogP contribution in [-0.2, 0) is 0 Å². The number of nitrogens with two attached hydrogens (primary N) is 1. The van der Waals surface area contributed by atoms with E-state index in [1.807, 2.05) is 0 Å². The Kier molecular flexibility index (Phi) is 3.09. The summed E-state index contributed by atoms with van der Waals surface area (Å²) in [6.07, 6.45) is 2.26. The maximum atomic E-state index is 5.96. The van der Waals surface area contributed by atoms with Gasteiger partial charge in [0.05, 0.1) is 0 Å². The molecule has 1 aromatic heterocycles. The van der Waals surface area contributed by atoms with E-state index in [-0.39, 0.29) is 6.04 Å². The molecule has 1 unspecified atom stereocenters. The minimum absolute atomic E-state index is 0.264. The van der Waals surface area contributed by atoms with Crippen LogP contribution in [0.25, 0.3) is 0 Å². The van der Waals surface area contributed by atoms with Crippen LogP contribution in [0.1, 0.15) is 36.2 Å². The largest absolute Gasteiger partial charge is 0.323 e. The fourth-order valence-corrected chi connectivity index (χ4v) is 2.17. The molecule has 0 spiro atoms. The molecule has 1 atom stereocenters. The Bertz CT molecular complexity index is 217. The highest BCUT2D eigenvalue weighted by Crippen LogP contribution is 2.24. The molecule has 0 fully saturated rings. The van der Waals surface area contributed by atoms with Gasteiger partial charge in [-0.2, -0.15) is 0 Å². The topological polar surface area (TPSA) is 26.0 Å². The molecule has 0 aliphatic rings. The predicted octanol–water partition coefficient (Wildman–Crippen LogP) is 2.86. The molecule has 2 heteroatoms. The van der Waals surface area contributed by atoms with E-state index in [0.29, 0.717) is 0 Å². The van der Waals surface area contributed by atoms with Gasteiger partial charge in [-0.3, -0.25) is 0 Å². The van der Waals surface area contributed by atoms with E-state index in [1.165, 1.54) is 16.9 Å². The molecule has 0 saturated carbocycles. The summed E-state index contributed by atoms with van der Waals surface area (Å²) in [4.78, 5) is 1.35. The van der Waals surface area contributed by atoms with Crippen molar-refractivity contribution in [1.29, 1.82) is 0 Å². The third kappa shape index (κ3) is 2.04. The van der Waals surface area contributed by atoms with Crippen LogP contribution in [0.3, 0.4) is 0 Å². The van der Waals surface area contributed by atoms with Crippen LogP contribution < -0.4 is 5.73 Å². The zero-order valence-corrected chi connectivity index (χ0v) is 7.95. The van der Waals surface area contributed by atoms with Gasteiger partial charge < -0.3 is 5.73 Å². The van der Waals surface area contributed by atoms with E-state index in [9.17, 15) is 0 Å². The normalized spacial score (nSPS) is 13.4. The third-order valence-corrected chi connectivity index (χ3v) is 2.99. The van der Waals surface area contributed by atoms with Gasteiger partial charge in [0, 0.05) is 10.9 Å². The van der Waals surface area contributed by atoms with Gasteiger partial charge in [-0.1, -0.05) is 13.3 Å². The molecule has 1 rings (SSSR count). The first kappa shape index (κ1) is 8.75. The Labute approximate surface area is 72.2 Å². The average Bonchev–Trinajstić information content (AvgIpc) is 2.36. The van der Waals surface area contributed by atoms with Crippen LogP contribution in [0.5, 0.6) is 0 Å². The van der Waals surface area contributed by atoms with Crippen molar-refractivity contribution >= 4 is 11.3 Å². The molecule has 1 heterocycles. The van der Waals surface area contributed by atoms with Crippen molar-refractivity contribution in [3.8, 4) is 0 Å². The smallest absolute Gasteiger partial charge is 0.0392 e. The summed E-state index contributed by atoms with van der Waals surface area (Å²) >= 11 is 1.77. The zero-order valence-electron chi connectivity index (χ0n) is 7.13. The lowest BCUT2D eigenvalue weighted by molar-refractivity contribution is 0.646. The van der Waals surface area contributed by atoms with Crippen molar-refractivity contribution in [3.05, 3.63) is 21.9 Å². The Hall–Kier alpha value is -0.340. The summed E-state index contributed by atoms with van der Waals surface area (Å²) < 4.78 is 0. The van der Waals surface area contributed by atoms with Crippen molar-refractivity contribution in [2.75, 3.05) is 0 Å². The molecule has 0 amide bonds. The van der Waals surface area contributed by atoms with Crippen molar-refractivity contribution in [2.24, 2.45) is 5.73 Å². The third-order valence-electron chi connectivity index (χ3n) is 1.84. The Morgan fingerprint density at radius 2 is 2.36 bits per heavy atom. The number of aryl methyl sites for hydroxylation is 1. The van der Waals surface area contributed by atoms with Crippen molar-refractivity contribution < 1.29 is 0 Å². The molecule has 0 aliphatic carbocycles. The molecular weight excluding hydrogens is 154 g/mol. The lowest BCUT2D eigenvalue weighted by Gasteiger charge is -2.08. The van der Waals surface area contributed by atoms with Crippen LogP contribution in [0.15, 0.2) is 11.4 Å². The van der Waals surface area contributed by atoms with Gasteiger partial charge in [-0.05, 0) is 30.4 Å². The zero-order chi connectivity index (χ0) is 8.27. The van der Waals surface area contributed by atoms with Gasteiger partial charge in [0.1, 0.15) is 0 Å². The second kappa shape index (κ2) is 3.88. The number of hydrogen-bond donors (Lipinski definition) is 1. The van der Waals surface area contributed by atoms with E-state index < -0.39 is 0 Å². The lowest BCUT2D eigenvalue weighted by Crippen LogP contribution is -2.08. The Morgan fingerprint density at radius 3 is 2.82 bits per heavy atom. The first-order valence-electron chi connectivity index (χ1n) is 4.05. The van der Waals surface area contributed by atoms with Gasteiger partial charge >= 0.3 is 0 Å². The van der Waals surface area contributed by atoms with E-state index >= 15 is 0 Å². The fourth-order valence-electron chi connectivity index (χ4n) is 1.21. The van der Waals surface area contributed by atoms with Gasteiger partial charge in [0.2, 0.25) is 0 Å². The monoisotopic (exact) mass is 169 g/mol. The molecule has 0 aromatic carbocycles. The Balaban J connectivity index is 2.67. The second-order valence-corrected chi connectivity index (χ2v) is 3.81. The lowest BCUT2D eigenvalue weighted by atomic mass is 10.1. The highest BCUT2D eigenvalue weighted by molar-refractivity contribution is 7.10. The van der Waals surface area contributed by atoms with Gasteiger partial charge in [0.25, 0.3) is 0 Å². The predicted molar refractivity (Wildman–Crippen MR) is 50.9 cm³/mol. The van der Waals surface area contributed by atoms with Gasteiger partial charge in [0.15, 0.2) is 0 Å². The highest BCUT2D eigenvalue weighted by atomic mass is 32.1. The SMILES string of the molecule is CCCC(N)c1sccc1C. The van der Waals surface area contributed by atoms with E-state index in [0.717, 1.165) is 6.42 Å². The fraction of sp³-hybridized carbons (Fsp3) is 0.556. The quantitative estimate of drug-likeness (QED) is 0.739. The molecular formula is C9H15NS. The van der Waals surface area contributed by atoms with E-state index in [1.54, 1.807) is 11.3 Å². The maximum absolute atomic E-state index is 5.96. The standard InChI is InChI=1S/C9H15NS/c1-3-4-8(10)9-7(2)5-6-11-9/h5-6,8H,3-4,10H2,1-2H3. The van der Waals surface area contributed by atoms with Gasteiger partial charge in [-0.25, -0.2) is 0 Å². The Morgan fingerprint density at radius 1 is 1.64 bits per heavy atom. The molecule has 0 bridgehead atoms. The summed E-state index contributed by atoms with van der Waals surface area (Å²) in [7, 11) is 0. The number of rotatable bonds is 3. The van der Waals surface area contributed by atoms with Crippen LogP contribution >= 0.6 is 11.3 Å². The second-order valence-electron chi connectivity index (χ2n) is 2.86. The summed E-state index contributed by atoms with van der Waals surface area (Å²) in [5.41, 5.74) is 7.30. The maximum Gasteiger partial charge on any atom is 0.0392 e. The van der Waals surface area contributed by atoms with Crippen LogP contribution in [-0.4, -0.2) is 0 Å². The van der Waals surface area contributed by atoms with E-state index in [2.05, 4.69) is 25.3 Å². The first-order valence-corrected chi connectivity index (χ1v) is 4.93. The summed E-state index contributed by atoms with van der Waals surface area (Å²) in [5, 5.41) is 2.11. The summed E-state index contributed by atoms with van der Waals surface area (Å²) in [6.45, 7) is 4.30. The molecule has 0 aliphatic heterocycles. The average molecular weight is 169 g/mol. The number of hydrogen-bond acceptors (Lipinski definition) is 2. The van der Waals surface area contributed by atoms with Crippen LogP contribution in [0, 0.1) is 6.92 Å². The van der Waals surface area contributed by atoms with Gasteiger partial charge in [-0.15, -0.1) is 11.3 Å². The van der Waals surface area contributed by atoms with Crippen LogP contribution in [0.2, 0.25) is 0 Å². The minimum Gasteiger partial charge on any atom is -0.323 e. The van der Waals surface area contributed by atoms with Crippen molar-refractivity contribution in [1.82, 2.24) is 0 Å². The summed E-state index contributed by atoms with van der Waals surface area (Å²) in [5.74, 6) is 0. The molecule has 62 valence electrons. The minimum atomic E-state index is 0.264. The molecule has 1 nitrogen and oxygen atoms in total. The molecule has 2 N–H and O–H groups in total. The summed E-state index contributed by atoms with van der Waals surface area (Å²) in [6, 6.07) is 2.40. The van der Waals surface area contributed by atoms with E-state index in [4.69, 9.17) is 5.73 Å². The van der Waals surface area contributed by atoms with Crippen molar-refractivity contribution in [3.63, 3.8) is 0 Å². The van der Waals surface area contributed by atoms with Crippen molar-refractivity contribution in [2.45, 2.75) is 32.7 Å². The molecule has 0 saturated heterocycles. The molecule has 11 heavy (non-hydrogen) atoms. The first-order chi connectivity index (χ1) is 5.25. The highest BCUT2D eigenvalue weighted by Gasteiger charge is 2.07. The number of thiophene rings is 1. The molecule has 1 aromatic rings. The molecule has 0 radical (unpaired) electrons.